The van der Waals surface area contributed by atoms with Crippen LogP contribution in [0, 0.1) is 0 Å². The van der Waals surface area contributed by atoms with Gasteiger partial charge in [0.1, 0.15) is 0 Å². The average molecular weight is 133 g/mol. The summed E-state index contributed by atoms with van der Waals surface area (Å²) in [7, 11) is 0. The highest BCUT2D eigenvalue weighted by Crippen LogP contribution is 1.74. The highest BCUT2D eigenvalue weighted by atomic mass is 79.9. The van der Waals surface area contributed by atoms with Crippen molar-refractivity contribution in [3.63, 3.8) is 0 Å². The van der Waals surface area contributed by atoms with E-state index in [1.165, 1.54) is 0 Å². The normalized spacial score (nSPS) is 5.20. The molecule has 0 saturated carbocycles. The lowest BCUT2D eigenvalue weighted by Gasteiger charge is -1.46. The van der Waals surface area contributed by atoms with E-state index in [0.29, 0.717) is 0 Å². The second-order valence-corrected chi connectivity index (χ2v) is 1.02. The first-order chi connectivity index (χ1) is 2.41. The Morgan fingerprint density at radius 3 is 2.40 bits per heavy atom. The van der Waals surface area contributed by atoms with Gasteiger partial charge in [-0.2, -0.15) is 0 Å². The maximum atomic E-state index is 3.04. The van der Waals surface area contributed by atoms with Crippen molar-refractivity contribution in [3.8, 4) is 0 Å². The summed E-state index contributed by atoms with van der Waals surface area (Å²) in [5.74, 6) is 0. The Hall–Kier alpha value is 0. The van der Waals surface area contributed by atoms with Crippen molar-refractivity contribution in [1.82, 2.24) is 0 Å². The van der Waals surface area contributed by atoms with Crippen molar-refractivity contribution in [3.05, 3.63) is 16.8 Å². The minimum absolute atomic E-state index is 1.69. The third-order valence-electron chi connectivity index (χ3n) is 0.230. The average Bonchev–Trinajstić information content (AvgIpc) is 1.41. The Balaban J connectivity index is 3.26. The van der Waals surface area contributed by atoms with Crippen LogP contribution in [0.3, 0.4) is 0 Å². The molecule has 0 amide bonds. The van der Waals surface area contributed by atoms with E-state index >= 15 is 0 Å². The standard InChI is InChI=1S/C4H5Br/c1-2-3-4-5/h2,4H,1H3. The zero-order chi connectivity index (χ0) is 4.12. The van der Waals surface area contributed by atoms with Gasteiger partial charge in [0.2, 0.25) is 0 Å². The summed E-state index contributed by atoms with van der Waals surface area (Å²) in [6.45, 7) is 1.91. The Morgan fingerprint density at radius 2 is 2.40 bits per heavy atom. The Morgan fingerprint density at radius 1 is 1.80 bits per heavy atom. The van der Waals surface area contributed by atoms with Crippen molar-refractivity contribution in [2.24, 2.45) is 0 Å². The van der Waals surface area contributed by atoms with E-state index in [9.17, 15) is 0 Å². The lowest BCUT2D eigenvalue weighted by Crippen LogP contribution is -1.21. The predicted molar refractivity (Wildman–Crippen MR) is 27.3 cm³/mol. The molecule has 0 fully saturated rings. The molecule has 0 heterocycles. The fraction of sp³-hybridized carbons (Fsp3) is 0.250. The van der Waals surface area contributed by atoms with Crippen LogP contribution in [0.4, 0.5) is 0 Å². The molecule has 0 radical (unpaired) electrons. The topological polar surface area (TPSA) is 0 Å². The van der Waals surface area contributed by atoms with Crippen LogP contribution < -0.4 is 0 Å². The van der Waals surface area contributed by atoms with E-state index in [2.05, 4.69) is 21.7 Å². The maximum Gasteiger partial charge on any atom is 0.0228 e. The van der Waals surface area contributed by atoms with E-state index in [-0.39, 0.29) is 0 Å². The lowest BCUT2D eigenvalue weighted by atomic mass is 10.7. The van der Waals surface area contributed by atoms with Gasteiger partial charge < -0.3 is 0 Å². The zero-order valence-corrected chi connectivity index (χ0v) is 4.62. The van der Waals surface area contributed by atoms with Gasteiger partial charge in [-0.25, -0.2) is 0 Å². The zero-order valence-electron chi connectivity index (χ0n) is 3.03. The van der Waals surface area contributed by atoms with Gasteiger partial charge in [-0.1, -0.05) is 15.9 Å². The Labute approximate surface area is 40.3 Å². The van der Waals surface area contributed by atoms with Crippen molar-refractivity contribution < 1.29 is 0 Å². The van der Waals surface area contributed by atoms with Crippen LogP contribution >= 0.6 is 15.9 Å². The Bertz CT molecular complexity index is 52.0. The smallest absolute Gasteiger partial charge is 0.0228 e. The number of hydrogen-bond acceptors (Lipinski definition) is 0. The highest BCUT2D eigenvalue weighted by Gasteiger charge is 1.37. The number of rotatable bonds is 0. The van der Waals surface area contributed by atoms with E-state index in [4.69, 9.17) is 0 Å². The van der Waals surface area contributed by atoms with E-state index in [0.717, 1.165) is 0 Å². The summed E-state index contributed by atoms with van der Waals surface area (Å²) >= 11 is 3.04. The molecule has 0 aromatic rings. The fourth-order valence-corrected chi connectivity index (χ4v) is 0.327. The van der Waals surface area contributed by atoms with Gasteiger partial charge in [0.25, 0.3) is 0 Å². The summed E-state index contributed by atoms with van der Waals surface area (Å²) < 4.78 is 0. The third-order valence-corrected chi connectivity index (χ3v) is 0.494. The molecular weight excluding hydrogens is 128 g/mol. The number of allylic oxidation sites excluding steroid dienone is 1. The Kier molecular flexibility index (Phi) is 4.00. The van der Waals surface area contributed by atoms with E-state index in [1.807, 2.05) is 13.0 Å². The van der Waals surface area contributed by atoms with Crippen molar-refractivity contribution >= 4 is 15.9 Å². The molecule has 0 aromatic heterocycles. The number of halogens is 1. The van der Waals surface area contributed by atoms with Gasteiger partial charge in [-0.3, -0.25) is 0 Å². The minimum atomic E-state index is 1.69. The molecule has 0 aliphatic rings. The summed E-state index contributed by atoms with van der Waals surface area (Å²) in [6.07, 6.45) is 1.83. The summed E-state index contributed by atoms with van der Waals surface area (Å²) in [6, 6.07) is 0. The fourth-order valence-electron chi connectivity index (χ4n) is 0.0630. The molecule has 0 aliphatic carbocycles. The predicted octanol–water partition coefficient (Wildman–Crippen LogP) is 2.07. The SMILES string of the molecule is CC=C=CBr. The second kappa shape index (κ2) is 4.00. The van der Waals surface area contributed by atoms with Crippen molar-refractivity contribution in [1.29, 1.82) is 0 Å². The molecular formula is C4H5Br. The molecule has 0 aromatic carbocycles. The molecule has 0 rings (SSSR count). The van der Waals surface area contributed by atoms with Crippen molar-refractivity contribution in [2.75, 3.05) is 0 Å². The first-order valence-electron chi connectivity index (χ1n) is 1.37. The molecule has 0 atom stereocenters. The van der Waals surface area contributed by atoms with E-state index < -0.39 is 0 Å². The van der Waals surface area contributed by atoms with Gasteiger partial charge in [0.05, 0.1) is 0 Å². The van der Waals surface area contributed by atoms with Crippen LogP contribution in [0.1, 0.15) is 6.92 Å². The van der Waals surface area contributed by atoms with Crippen LogP contribution in [0.2, 0.25) is 0 Å². The first-order valence-corrected chi connectivity index (χ1v) is 2.29. The molecule has 0 unspecified atom stereocenters. The van der Waals surface area contributed by atoms with Crippen LogP contribution in [0.25, 0.3) is 0 Å². The lowest BCUT2D eigenvalue weighted by molar-refractivity contribution is 1.78. The molecule has 1 heteroatoms. The molecule has 0 saturated heterocycles. The highest BCUT2D eigenvalue weighted by molar-refractivity contribution is 9.11. The molecule has 5 heavy (non-hydrogen) atoms. The van der Waals surface area contributed by atoms with Crippen LogP contribution in [0.15, 0.2) is 16.8 Å². The quantitative estimate of drug-likeness (QED) is 0.443. The molecule has 28 valence electrons. The van der Waals surface area contributed by atoms with Gasteiger partial charge in [0, 0.05) is 4.99 Å². The molecule has 0 N–H and O–H groups in total. The van der Waals surface area contributed by atoms with Crippen LogP contribution in [-0.4, -0.2) is 0 Å². The van der Waals surface area contributed by atoms with Gasteiger partial charge in [0.15, 0.2) is 0 Å². The van der Waals surface area contributed by atoms with Gasteiger partial charge in [-0.05, 0) is 13.0 Å². The third kappa shape index (κ3) is 4.00. The largest absolute Gasteiger partial charge is 0.118 e. The van der Waals surface area contributed by atoms with Crippen molar-refractivity contribution in [2.45, 2.75) is 6.92 Å². The monoisotopic (exact) mass is 132 g/mol. The molecule has 0 nitrogen and oxygen atoms in total. The number of hydrogen-bond donors (Lipinski definition) is 0. The van der Waals surface area contributed by atoms with E-state index in [1.54, 1.807) is 4.99 Å². The summed E-state index contributed by atoms with van der Waals surface area (Å²) in [5.41, 5.74) is 2.78. The van der Waals surface area contributed by atoms with Crippen LogP contribution in [0.5, 0.6) is 0 Å². The van der Waals surface area contributed by atoms with Gasteiger partial charge in [-0.15, -0.1) is 5.73 Å². The van der Waals surface area contributed by atoms with Crippen LogP contribution in [-0.2, 0) is 0 Å². The second-order valence-electron chi connectivity index (χ2n) is 0.564. The maximum absolute atomic E-state index is 3.04. The molecule has 0 bridgehead atoms. The molecule has 0 spiro atoms. The summed E-state index contributed by atoms with van der Waals surface area (Å²) in [4.78, 5) is 1.69. The van der Waals surface area contributed by atoms with Gasteiger partial charge >= 0.3 is 0 Å². The first kappa shape index (κ1) is 5.00. The molecule has 0 aliphatic heterocycles. The minimum Gasteiger partial charge on any atom is -0.118 e. The summed E-state index contributed by atoms with van der Waals surface area (Å²) in [5, 5.41) is 0.